The molecule has 0 radical (unpaired) electrons. The monoisotopic (exact) mass is 293 g/mol. The molecule has 2 N–H and O–H groups in total. The summed E-state index contributed by atoms with van der Waals surface area (Å²) in [6.07, 6.45) is 1.97. The van der Waals surface area contributed by atoms with Gasteiger partial charge in [0.2, 0.25) is 5.91 Å². The van der Waals surface area contributed by atoms with Crippen molar-refractivity contribution in [3.05, 3.63) is 23.0 Å². The molecule has 1 heterocycles. The number of unbranched alkanes of at least 4 members (excludes halogenated alkanes) is 1. The molecular formula is C16H27N3O2. The number of primary amides is 1. The zero-order valence-electron chi connectivity index (χ0n) is 13.6. The number of nitrogens with zero attached hydrogens (tertiary/aromatic N) is 2. The summed E-state index contributed by atoms with van der Waals surface area (Å²) in [6.45, 7) is 10.1. The summed E-state index contributed by atoms with van der Waals surface area (Å²) in [6, 6.07) is 1.93. The molecule has 5 nitrogen and oxygen atoms in total. The van der Waals surface area contributed by atoms with Gasteiger partial charge in [-0.2, -0.15) is 0 Å². The number of amides is 1. The zero-order chi connectivity index (χ0) is 16.0. The minimum atomic E-state index is -0.391. The molecule has 1 aromatic heterocycles. The quantitative estimate of drug-likeness (QED) is 0.707. The van der Waals surface area contributed by atoms with Crippen molar-refractivity contribution in [2.75, 3.05) is 19.6 Å². The zero-order valence-corrected chi connectivity index (χ0v) is 13.6. The number of Topliss-reactive ketones (excluding diaryl/α,β-unsaturated/α-hetero) is 1. The molecule has 1 aromatic rings. The van der Waals surface area contributed by atoms with Gasteiger partial charge in [-0.05, 0) is 39.8 Å². The van der Waals surface area contributed by atoms with Crippen LogP contribution in [-0.2, 0) is 11.3 Å². The Labute approximate surface area is 127 Å². The van der Waals surface area contributed by atoms with Gasteiger partial charge in [0, 0.05) is 23.5 Å². The van der Waals surface area contributed by atoms with Crippen LogP contribution in [0.25, 0.3) is 0 Å². The molecule has 5 heteroatoms. The van der Waals surface area contributed by atoms with E-state index >= 15 is 0 Å². The van der Waals surface area contributed by atoms with E-state index in [2.05, 4.69) is 18.4 Å². The number of hydrogen-bond donors (Lipinski definition) is 1. The van der Waals surface area contributed by atoms with E-state index in [-0.39, 0.29) is 18.9 Å². The number of hydrogen-bond acceptors (Lipinski definition) is 3. The summed E-state index contributed by atoms with van der Waals surface area (Å²) >= 11 is 0. The first-order valence-electron chi connectivity index (χ1n) is 7.61. The lowest BCUT2D eigenvalue weighted by Crippen LogP contribution is -2.38. The van der Waals surface area contributed by atoms with Gasteiger partial charge in [0.1, 0.15) is 0 Å². The second kappa shape index (κ2) is 7.98. The molecule has 21 heavy (non-hydrogen) atoms. The molecule has 0 aliphatic carbocycles. The van der Waals surface area contributed by atoms with Crippen LogP contribution in [0.15, 0.2) is 6.07 Å². The van der Waals surface area contributed by atoms with Gasteiger partial charge >= 0.3 is 0 Å². The van der Waals surface area contributed by atoms with Gasteiger partial charge in [-0.3, -0.25) is 14.5 Å². The normalized spacial score (nSPS) is 11.1. The molecule has 0 aromatic carbocycles. The molecule has 118 valence electrons. The maximum Gasteiger partial charge on any atom is 0.231 e. The third-order valence-electron chi connectivity index (χ3n) is 3.76. The third kappa shape index (κ3) is 4.70. The highest BCUT2D eigenvalue weighted by molar-refractivity contribution is 5.99. The number of ketones is 1. The highest BCUT2D eigenvalue weighted by atomic mass is 16.1. The first-order chi connectivity index (χ1) is 9.90. The summed E-state index contributed by atoms with van der Waals surface area (Å²) in [4.78, 5) is 25.5. The second-order valence-corrected chi connectivity index (χ2v) is 5.48. The highest BCUT2D eigenvalue weighted by Crippen LogP contribution is 2.16. The van der Waals surface area contributed by atoms with E-state index in [0.29, 0.717) is 0 Å². The van der Waals surface area contributed by atoms with Crippen molar-refractivity contribution in [3.8, 4) is 0 Å². The topological polar surface area (TPSA) is 68.3 Å². The Balaban J connectivity index is 2.83. The van der Waals surface area contributed by atoms with Crippen LogP contribution in [0.5, 0.6) is 0 Å². The lowest BCUT2D eigenvalue weighted by Gasteiger charge is -2.19. The van der Waals surface area contributed by atoms with E-state index < -0.39 is 5.91 Å². The average Bonchev–Trinajstić information content (AvgIpc) is 2.70. The second-order valence-electron chi connectivity index (χ2n) is 5.48. The highest BCUT2D eigenvalue weighted by Gasteiger charge is 2.18. The van der Waals surface area contributed by atoms with Crippen LogP contribution in [0.4, 0.5) is 0 Å². The largest absolute Gasteiger partial charge is 0.369 e. The number of carbonyl (C=O) groups is 2. The van der Waals surface area contributed by atoms with E-state index in [9.17, 15) is 9.59 Å². The van der Waals surface area contributed by atoms with Gasteiger partial charge in [-0.25, -0.2) is 0 Å². The van der Waals surface area contributed by atoms with Crippen molar-refractivity contribution in [1.29, 1.82) is 0 Å². The summed E-state index contributed by atoms with van der Waals surface area (Å²) in [7, 11) is 0. The molecule has 0 atom stereocenters. The van der Waals surface area contributed by atoms with E-state index in [1.165, 1.54) is 0 Å². The summed E-state index contributed by atoms with van der Waals surface area (Å²) in [5.41, 5.74) is 8.10. The minimum Gasteiger partial charge on any atom is -0.369 e. The number of nitrogens with two attached hydrogens (primary N) is 1. The van der Waals surface area contributed by atoms with Gasteiger partial charge in [-0.1, -0.05) is 13.3 Å². The fourth-order valence-corrected chi connectivity index (χ4v) is 2.67. The Bertz CT molecular complexity index is 506. The van der Waals surface area contributed by atoms with Crippen molar-refractivity contribution in [2.45, 2.75) is 47.1 Å². The predicted octanol–water partition coefficient (Wildman–Crippen LogP) is 1.89. The Morgan fingerprint density at radius 2 is 1.90 bits per heavy atom. The van der Waals surface area contributed by atoms with Crippen LogP contribution in [0.3, 0.4) is 0 Å². The summed E-state index contributed by atoms with van der Waals surface area (Å²) in [5, 5.41) is 0. The average molecular weight is 293 g/mol. The first kappa shape index (κ1) is 17.4. The standard InChI is InChI=1S/C16H27N3O2/c1-5-7-8-18(11-16(17)21)10-15(20)14-9-12(3)19(6-2)13(14)4/h9H,5-8,10-11H2,1-4H3,(H2,17,21). The maximum absolute atomic E-state index is 12.5. The minimum absolute atomic E-state index is 0.0557. The molecule has 0 saturated carbocycles. The van der Waals surface area contributed by atoms with Crippen LogP contribution in [0, 0.1) is 13.8 Å². The van der Waals surface area contributed by atoms with E-state index in [4.69, 9.17) is 5.73 Å². The van der Waals surface area contributed by atoms with Gasteiger partial charge in [-0.15, -0.1) is 0 Å². The molecule has 0 aliphatic heterocycles. The Kier molecular flexibility index (Phi) is 6.62. The first-order valence-corrected chi connectivity index (χ1v) is 7.61. The number of aryl methyl sites for hydroxylation is 1. The van der Waals surface area contributed by atoms with Gasteiger partial charge in [0.15, 0.2) is 5.78 Å². The lowest BCUT2D eigenvalue weighted by atomic mass is 10.1. The van der Waals surface area contributed by atoms with Gasteiger partial charge in [0.05, 0.1) is 13.1 Å². The van der Waals surface area contributed by atoms with Crippen LogP contribution < -0.4 is 5.73 Å². The summed E-state index contributed by atoms with van der Waals surface area (Å²) < 4.78 is 2.12. The molecule has 0 unspecified atom stereocenters. The van der Waals surface area contributed by atoms with Crippen molar-refractivity contribution in [1.82, 2.24) is 9.47 Å². The van der Waals surface area contributed by atoms with Crippen molar-refractivity contribution in [2.24, 2.45) is 5.73 Å². The summed E-state index contributed by atoms with van der Waals surface area (Å²) in [5.74, 6) is -0.335. The third-order valence-corrected chi connectivity index (χ3v) is 3.76. The predicted molar refractivity (Wildman–Crippen MR) is 84.5 cm³/mol. The Morgan fingerprint density at radius 1 is 1.24 bits per heavy atom. The molecule has 0 aliphatic rings. The molecule has 0 saturated heterocycles. The van der Waals surface area contributed by atoms with E-state index in [0.717, 1.165) is 42.9 Å². The number of rotatable bonds is 9. The molecule has 1 amide bonds. The lowest BCUT2D eigenvalue weighted by molar-refractivity contribution is -0.119. The van der Waals surface area contributed by atoms with Crippen LogP contribution in [-0.4, -0.2) is 40.8 Å². The van der Waals surface area contributed by atoms with E-state index in [1.807, 2.05) is 24.8 Å². The number of carbonyl (C=O) groups excluding carboxylic acids is 2. The SMILES string of the molecule is CCCCN(CC(N)=O)CC(=O)c1cc(C)n(CC)c1C. The molecule has 0 fully saturated rings. The van der Waals surface area contributed by atoms with E-state index in [1.54, 1.807) is 0 Å². The number of aromatic nitrogens is 1. The molecule has 0 bridgehead atoms. The van der Waals surface area contributed by atoms with Gasteiger partial charge < -0.3 is 10.3 Å². The van der Waals surface area contributed by atoms with Crippen molar-refractivity contribution < 1.29 is 9.59 Å². The van der Waals surface area contributed by atoms with Crippen LogP contribution >= 0.6 is 0 Å². The van der Waals surface area contributed by atoms with Gasteiger partial charge in [0.25, 0.3) is 0 Å². The van der Waals surface area contributed by atoms with Crippen molar-refractivity contribution in [3.63, 3.8) is 0 Å². The van der Waals surface area contributed by atoms with Crippen molar-refractivity contribution >= 4 is 11.7 Å². The molecular weight excluding hydrogens is 266 g/mol. The molecule has 1 rings (SSSR count). The fraction of sp³-hybridized carbons (Fsp3) is 0.625. The van der Waals surface area contributed by atoms with Crippen LogP contribution in [0.1, 0.15) is 48.4 Å². The Morgan fingerprint density at radius 3 is 2.38 bits per heavy atom. The smallest absolute Gasteiger partial charge is 0.231 e. The maximum atomic E-state index is 12.5. The molecule has 0 spiro atoms. The Hall–Kier alpha value is -1.62. The fourth-order valence-electron chi connectivity index (χ4n) is 2.67. The van der Waals surface area contributed by atoms with Crippen LogP contribution in [0.2, 0.25) is 0 Å².